The highest BCUT2D eigenvalue weighted by molar-refractivity contribution is 9.10. The fraction of sp³-hybridized carbons (Fsp3) is 0.235. The molecule has 1 atom stereocenters. The van der Waals surface area contributed by atoms with E-state index in [9.17, 15) is 14.9 Å². The Bertz CT molecular complexity index is 818. The molecule has 25 heavy (non-hydrogen) atoms. The van der Waals surface area contributed by atoms with E-state index in [1.807, 2.05) is 26.0 Å². The molecule has 0 saturated heterocycles. The van der Waals surface area contributed by atoms with Crippen LogP contribution in [0.4, 0.5) is 11.4 Å². The summed E-state index contributed by atoms with van der Waals surface area (Å²) in [5.74, 6) is 0.214. The van der Waals surface area contributed by atoms with Crippen LogP contribution < -0.4 is 10.1 Å². The smallest absolute Gasteiger partial charge is 0.289 e. The van der Waals surface area contributed by atoms with Gasteiger partial charge < -0.3 is 10.1 Å². The molecule has 2 rings (SSSR count). The van der Waals surface area contributed by atoms with Crippen LogP contribution in [0.5, 0.6) is 5.75 Å². The Hall–Kier alpha value is -2.12. The first-order chi connectivity index (χ1) is 11.7. The third-order valence-corrected chi connectivity index (χ3v) is 4.28. The zero-order valence-electron chi connectivity index (χ0n) is 13.8. The van der Waals surface area contributed by atoms with Crippen LogP contribution in [0.25, 0.3) is 0 Å². The second-order valence-corrected chi connectivity index (χ2v) is 6.86. The summed E-state index contributed by atoms with van der Waals surface area (Å²) in [5, 5.41) is 13.5. The minimum absolute atomic E-state index is 0.00779. The Morgan fingerprint density at radius 1 is 1.28 bits per heavy atom. The molecule has 6 nitrogen and oxygen atoms in total. The SMILES string of the molecule is Cc1cc(Br)cc(C)c1OC(C)C(=O)Nc1ccc(Cl)c([N+](=O)[O-])c1. The molecular weight excluding hydrogens is 412 g/mol. The number of nitro benzene ring substituents is 1. The van der Waals surface area contributed by atoms with Crippen LogP contribution in [0.15, 0.2) is 34.8 Å². The number of nitro groups is 1. The van der Waals surface area contributed by atoms with Crippen molar-refractivity contribution in [1.29, 1.82) is 0 Å². The number of aryl methyl sites for hydroxylation is 2. The lowest BCUT2D eigenvalue weighted by molar-refractivity contribution is -0.384. The summed E-state index contributed by atoms with van der Waals surface area (Å²) in [6, 6.07) is 7.87. The molecule has 0 fully saturated rings. The molecule has 0 aromatic heterocycles. The number of nitrogens with one attached hydrogen (secondary N) is 1. The van der Waals surface area contributed by atoms with E-state index in [1.165, 1.54) is 18.2 Å². The van der Waals surface area contributed by atoms with Crippen molar-refractivity contribution >= 4 is 44.8 Å². The average Bonchev–Trinajstić information content (AvgIpc) is 2.52. The number of carbonyl (C=O) groups excluding carboxylic acids is 1. The normalized spacial score (nSPS) is 11.7. The molecule has 0 spiro atoms. The zero-order valence-corrected chi connectivity index (χ0v) is 16.1. The number of rotatable bonds is 5. The number of ether oxygens (including phenoxy) is 1. The topological polar surface area (TPSA) is 81.5 Å². The molecule has 0 aliphatic rings. The van der Waals surface area contributed by atoms with Gasteiger partial charge in [0.05, 0.1) is 4.92 Å². The molecule has 0 heterocycles. The van der Waals surface area contributed by atoms with E-state index < -0.39 is 16.9 Å². The third kappa shape index (κ3) is 4.70. The van der Waals surface area contributed by atoms with Gasteiger partial charge in [-0.1, -0.05) is 27.5 Å². The minimum Gasteiger partial charge on any atom is -0.480 e. The largest absolute Gasteiger partial charge is 0.480 e. The van der Waals surface area contributed by atoms with Gasteiger partial charge in [-0.3, -0.25) is 14.9 Å². The number of anilines is 1. The first kappa shape index (κ1) is 19.2. The number of benzene rings is 2. The van der Waals surface area contributed by atoms with Crippen LogP contribution in [0.3, 0.4) is 0 Å². The summed E-state index contributed by atoms with van der Waals surface area (Å²) in [6.07, 6.45) is -0.784. The highest BCUT2D eigenvalue weighted by atomic mass is 79.9. The molecule has 0 aliphatic carbocycles. The van der Waals surface area contributed by atoms with Crippen molar-refractivity contribution in [2.24, 2.45) is 0 Å². The Labute approximate surface area is 158 Å². The fourth-order valence-corrected chi connectivity index (χ4v) is 3.16. The molecule has 1 amide bonds. The molecule has 1 N–H and O–H groups in total. The van der Waals surface area contributed by atoms with Gasteiger partial charge in [-0.05, 0) is 56.2 Å². The van der Waals surface area contributed by atoms with Crippen LogP contribution in [0.2, 0.25) is 5.02 Å². The van der Waals surface area contributed by atoms with Gasteiger partial charge in [0.15, 0.2) is 6.10 Å². The summed E-state index contributed by atoms with van der Waals surface area (Å²) < 4.78 is 6.70. The van der Waals surface area contributed by atoms with Crippen molar-refractivity contribution in [1.82, 2.24) is 0 Å². The van der Waals surface area contributed by atoms with E-state index in [2.05, 4.69) is 21.2 Å². The number of amides is 1. The van der Waals surface area contributed by atoms with Crippen LogP contribution in [0.1, 0.15) is 18.1 Å². The number of halogens is 2. The summed E-state index contributed by atoms with van der Waals surface area (Å²) in [6.45, 7) is 5.39. The van der Waals surface area contributed by atoms with Crippen molar-refractivity contribution in [2.45, 2.75) is 26.9 Å². The van der Waals surface area contributed by atoms with Gasteiger partial charge in [0.1, 0.15) is 10.8 Å². The first-order valence-electron chi connectivity index (χ1n) is 7.37. The van der Waals surface area contributed by atoms with Crippen molar-refractivity contribution in [3.63, 3.8) is 0 Å². The predicted molar refractivity (Wildman–Crippen MR) is 100 cm³/mol. The maximum absolute atomic E-state index is 12.3. The lowest BCUT2D eigenvalue weighted by Crippen LogP contribution is -2.30. The van der Waals surface area contributed by atoms with Gasteiger partial charge in [-0.2, -0.15) is 0 Å². The molecular formula is C17H16BrClN2O4. The molecule has 132 valence electrons. The van der Waals surface area contributed by atoms with Crippen molar-refractivity contribution in [3.05, 3.63) is 61.1 Å². The van der Waals surface area contributed by atoms with Crippen LogP contribution >= 0.6 is 27.5 Å². The van der Waals surface area contributed by atoms with Crippen molar-refractivity contribution < 1.29 is 14.5 Å². The Kier molecular flexibility index (Phi) is 6.02. The number of carbonyl (C=O) groups is 1. The zero-order chi connectivity index (χ0) is 18.7. The van der Waals surface area contributed by atoms with Gasteiger partial charge >= 0.3 is 0 Å². The van der Waals surface area contributed by atoms with Crippen LogP contribution in [-0.2, 0) is 4.79 Å². The number of hydrogen-bond donors (Lipinski definition) is 1. The van der Waals surface area contributed by atoms with Gasteiger partial charge in [-0.15, -0.1) is 0 Å². The monoisotopic (exact) mass is 426 g/mol. The lowest BCUT2D eigenvalue weighted by Gasteiger charge is -2.18. The van der Waals surface area contributed by atoms with Gasteiger partial charge in [-0.25, -0.2) is 0 Å². The molecule has 0 radical (unpaired) electrons. The molecule has 8 heteroatoms. The van der Waals surface area contributed by atoms with Gasteiger partial charge in [0.25, 0.3) is 11.6 Å². The van der Waals surface area contributed by atoms with Crippen molar-refractivity contribution in [3.8, 4) is 5.75 Å². The van der Waals surface area contributed by atoms with Crippen molar-refractivity contribution in [2.75, 3.05) is 5.32 Å². The van der Waals surface area contributed by atoms with E-state index >= 15 is 0 Å². The maximum atomic E-state index is 12.3. The highest BCUT2D eigenvalue weighted by Gasteiger charge is 2.19. The van der Waals surface area contributed by atoms with Crippen LogP contribution in [0, 0.1) is 24.0 Å². The molecule has 0 aliphatic heterocycles. The fourth-order valence-electron chi connectivity index (χ4n) is 2.29. The van der Waals surface area contributed by atoms with E-state index in [1.54, 1.807) is 6.92 Å². The second-order valence-electron chi connectivity index (χ2n) is 5.54. The Morgan fingerprint density at radius 2 is 1.88 bits per heavy atom. The molecule has 1 unspecified atom stereocenters. The molecule has 2 aromatic rings. The number of nitrogens with zero attached hydrogens (tertiary/aromatic N) is 1. The Morgan fingerprint density at radius 3 is 2.44 bits per heavy atom. The van der Waals surface area contributed by atoms with E-state index in [0.717, 1.165) is 15.6 Å². The summed E-state index contributed by atoms with van der Waals surface area (Å²) in [4.78, 5) is 22.6. The maximum Gasteiger partial charge on any atom is 0.289 e. The molecule has 0 saturated carbocycles. The molecule has 0 bridgehead atoms. The summed E-state index contributed by atoms with van der Waals surface area (Å²) in [7, 11) is 0. The quantitative estimate of drug-likeness (QED) is 0.536. The van der Waals surface area contributed by atoms with Gasteiger partial charge in [0, 0.05) is 16.2 Å². The molecule has 2 aromatic carbocycles. The van der Waals surface area contributed by atoms with Crippen LogP contribution in [-0.4, -0.2) is 16.9 Å². The average molecular weight is 428 g/mol. The van der Waals surface area contributed by atoms with E-state index in [-0.39, 0.29) is 16.4 Å². The summed E-state index contributed by atoms with van der Waals surface area (Å²) >= 11 is 9.17. The summed E-state index contributed by atoms with van der Waals surface area (Å²) in [5.41, 5.74) is 1.80. The second kappa shape index (κ2) is 7.84. The first-order valence-corrected chi connectivity index (χ1v) is 8.54. The number of hydrogen-bond acceptors (Lipinski definition) is 4. The standard InChI is InChI=1S/C17H16BrClN2O4/c1-9-6-12(18)7-10(2)16(9)25-11(3)17(22)20-13-4-5-14(19)15(8-13)21(23)24/h4-8,11H,1-3H3,(H,20,22). The Balaban J connectivity index is 2.14. The minimum atomic E-state index is -0.784. The van der Waals surface area contributed by atoms with E-state index in [0.29, 0.717) is 5.75 Å². The highest BCUT2D eigenvalue weighted by Crippen LogP contribution is 2.29. The predicted octanol–water partition coefficient (Wildman–Crippen LogP) is 5.03. The lowest BCUT2D eigenvalue weighted by atomic mass is 10.1. The van der Waals surface area contributed by atoms with Gasteiger partial charge in [0.2, 0.25) is 0 Å². The third-order valence-electron chi connectivity index (χ3n) is 3.50. The van der Waals surface area contributed by atoms with E-state index in [4.69, 9.17) is 16.3 Å².